The summed E-state index contributed by atoms with van der Waals surface area (Å²) >= 11 is 3.37. The molecule has 0 saturated heterocycles. The van der Waals surface area contributed by atoms with E-state index in [0.717, 1.165) is 22.9 Å². The van der Waals surface area contributed by atoms with Crippen LogP contribution in [0.4, 0.5) is 0 Å². The lowest BCUT2D eigenvalue weighted by Gasteiger charge is -1.94. The molecule has 86 valence electrons. The van der Waals surface area contributed by atoms with E-state index >= 15 is 0 Å². The molecule has 0 spiro atoms. The van der Waals surface area contributed by atoms with Gasteiger partial charge >= 0.3 is 0 Å². The Bertz CT molecular complexity index is 575. The minimum atomic E-state index is -0.0289. The summed E-state index contributed by atoms with van der Waals surface area (Å²) in [7, 11) is 0. The molecule has 1 aromatic heterocycles. The van der Waals surface area contributed by atoms with Crippen molar-refractivity contribution in [2.75, 3.05) is 0 Å². The summed E-state index contributed by atoms with van der Waals surface area (Å²) in [6.45, 7) is 0. The van der Waals surface area contributed by atoms with Crippen molar-refractivity contribution in [1.82, 2.24) is 10.2 Å². The number of carbonyl (C=O) groups excluding carboxylic acids is 1. The van der Waals surface area contributed by atoms with E-state index in [1.165, 1.54) is 0 Å². The van der Waals surface area contributed by atoms with Gasteiger partial charge in [0.15, 0.2) is 0 Å². The second-order valence-electron chi connectivity index (χ2n) is 4.06. The van der Waals surface area contributed by atoms with E-state index < -0.39 is 0 Å². The van der Waals surface area contributed by atoms with Crippen LogP contribution in [0.5, 0.6) is 0 Å². The summed E-state index contributed by atoms with van der Waals surface area (Å²) in [5, 5.41) is 7.70. The van der Waals surface area contributed by atoms with Crippen molar-refractivity contribution < 1.29 is 9.21 Å². The Hall–Kier alpha value is -1.49. The summed E-state index contributed by atoms with van der Waals surface area (Å²) in [6, 6.07) is 7.53. The third-order valence-corrected chi connectivity index (χ3v) is 3.15. The van der Waals surface area contributed by atoms with Crippen LogP contribution in [0, 0.1) is 5.92 Å². The molecule has 2 aromatic rings. The Kier molecular flexibility index (Phi) is 2.55. The smallest absolute Gasteiger partial charge is 0.284 e. The number of rotatable bonds is 3. The zero-order valence-corrected chi connectivity index (χ0v) is 10.5. The normalized spacial score (nSPS) is 14.9. The lowest BCUT2D eigenvalue weighted by Crippen LogP contribution is -2.01. The van der Waals surface area contributed by atoms with Crippen molar-refractivity contribution in [2.24, 2.45) is 5.92 Å². The van der Waals surface area contributed by atoms with Crippen LogP contribution in [0.25, 0.3) is 11.5 Å². The highest BCUT2D eigenvalue weighted by Crippen LogP contribution is 2.33. The second kappa shape index (κ2) is 4.07. The maximum Gasteiger partial charge on any atom is 0.284 e. The molecule has 3 rings (SSSR count). The van der Waals surface area contributed by atoms with Gasteiger partial charge < -0.3 is 4.42 Å². The molecule has 1 heterocycles. The first kappa shape index (κ1) is 10.7. The summed E-state index contributed by atoms with van der Waals surface area (Å²) in [6.07, 6.45) is 1.88. The molecule has 1 fully saturated rings. The highest BCUT2D eigenvalue weighted by Gasteiger charge is 2.34. The lowest BCUT2D eigenvalue weighted by molar-refractivity contribution is 0.0934. The number of halogens is 1. The molecule has 0 amide bonds. The number of Topliss-reactive ketones (excluding diaryl/α,β-unsaturated/α-hetero) is 1. The fourth-order valence-electron chi connectivity index (χ4n) is 1.58. The molecule has 1 saturated carbocycles. The topological polar surface area (TPSA) is 56.0 Å². The van der Waals surface area contributed by atoms with Gasteiger partial charge in [0.1, 0.15) is 0 Å². The van der Waals surface area contributed by atoms with Crippen LogP contribution in [0.1, 0.15) is 23.5 Å². The maximum absolute atomic E-state index is 11.7. The van der Waals surface area contributed by atoms with Gasteiger partial charge in [-0.2, -0.15) is 0 Å². The summed E-state index contributed by atoms with van der Waals surface area (Å²) in [4.78, 5) is 11.7. The van der Waals surface area contributed by atoms with Gasteiger partial charge in [-0.1, -0.05) is 22.0 Å². The minimum Gasteiger partial charge on any atom is -0.414 e. The zero-order chi connectivity index (χ0) is 11.8. The van der Waals surface area contributed by atoms with E-state index in [0.29, 0.717) is 5.89 Å². The van der Waals surface area contributed by atoms with Crippen molar-refractivity contribution in [2.45, 2.75) is 12.8 Å². The zero-order valence-electron chi connectivity index (χ0n) is 8.89. The Morgan fingerprint density at radius 3 is 2.88 bits per heavy atom. The summed E-state index contributed by atoms with van der Waals surface area (Å²) < 4.78 is 6.33. The first-order valence-electron chi connectivity index (χ1n) is 5.38. The van der Waals surface area contributed by atoms with Gasteiger partial charge in [0, 0.05) is 16.0 Å². The number of hydrogen-bond acceptors (Lipinski definition) is 4. The maximum atomic E-state index is 11.7. The number of ketones is 1. The average molecular weight is 293 g/mol. The number of hydrogen-bond donors (Lipinski definition) is 0. The molecule has 0 N–H and O–H groups in total. The Labute approximate surface area is 106 Å². The van der Waals surface area contributed by atoms with E-state index in [1.54, 1.807) is 0 Å². The molecule has 0 atom stereocenters. The fourth-order valence-corrected chi connectivity index (χ4v) is 1.98. The van der Waals surface area contributed by atoms with Crippen molar-refractivity contribution >= 4 is 21.7 Å². The Balaban J connectivity index is 1.91. The molecule has 1 aliphatic rings. The number of benzene rings is 1. The predicted octanol–water partition coefficient (Wildman–Crippen LogP) is 3.09. The Morgan fingerprint density at radius 2 is 2.18 bits per heavy atom. The van der Waals surface area contributed by atoms with Crippen molar-refractivity contribution in [3.8, 4) is 11.5 Å². The van der Waals surface area contributed by atoms with Crippen molar-refractivity contribution in [1.29, 1.82) is 0 Å². The number of carbonyl (C=O) groups is 1. The highest BCUT2D eigenvalue weighted by atomic mass is 79.9. The van der Waals surface area contributed by atoms with Crippen LogP contribution in [0.2, 0.25) is 0 Å². The van der Waals surface area contributed by atoms with Gasteiger partial charge in [0.05, 0.1) is 0 Å². The van der Waals surface area contributed by atoms with Crippen LogP contribution in [-0.2, 0) is 0 Å². The van der Waals surface area contributed by atoms with E-state index in [-0.39, 0.29) is 17.6 Å². The average Bonchev–Trinajstić information content (AvgIpc) is 3.05. The lowest BCUT2D eigenvalue weighted by atomic mass is 10.2. The molecule has 5 heteroatoms. The highest BCUT2D eigenvalue weighted by molar-refractivity contribution is 9.10. The van der Waals surface area contributed by atoms with E-state index in [2.05, 4.69) is 26.1 Å². The monoisotopic (exact) mass is 292 g/mol. The molecule has 17 heavy (non-hydrogen) atoms. The standard InChI is InChI=1S/C12H9BrN2O2/c13-9-3-1-2-8(6-9)11-14-15-12(17-11)10(16)7-4-5-7/h1-3,6-7H,4-5H2. The third-order valence-electron chi connectivity index (χ3n) is 2.66. The van der Waals surface area contributed by atoms with Crippen LogP contribution >= 0.6 is 15.9 Å². The van der Waals surface area contributed by atoms with E-state index in [4.69, 9.17) is 4.42 Å². The van der Waals surface area contributed by atoms with Gasteiger partial charge in [0.25, 0.3) is 5.89 Å². The minimum absolute atomic E-state index is 0.0289. The van der Waals surface area contributed by atoms with Crippen LogP contribution < -0.4 is 0 Å². The molecule has 0 bridgehead atoms. The molecule has 1 aliphatic carbocycles. The Morgan fingerprint density at radius 1 is 1.35 bits per heavy atom. The fraction of sp³-hybridized carbons (Fsp3) is 0.250. The quantitative estimate of drug-likeness (QED) is 0.816. The molecular formula is C12H9BrN2O2. The van der Waals surface area contributed by atoms with Crippen LogP contribution in [-0.4, -0.2) is 16.0 Å². The van der Waals surface area contributed by atoms with Crippen LogP contribution in [0.15, 0.2) is 33.2 Å². The molecule has 0 unspecified atom stereocenters. The summed E-state index contributed by atoms with van der Waals surface area (Å²) in [5.74, 6) is 0.585. The van der Waals surface area contributed by atoms with Gasteiger partial charge in [-0.05, 0) is 31.0 Å². The molecule has 0 aliphatic heterocycles. The van der Waals surface area contributed by atoms with Crippen molar-refractivity contribution in [3.63, 3.8) is 0 Å². The number of nitrogens with zero attached hydrogens (tertiary/aromatic N) is 2. The van der Waals surface area contributed by atoms with Gasteiger partial charge in [-0.3, -0.25) is 4.79 Å². The van der Waals surface area contributed by atoms with Crippen LogP contribution in [0.3, 0.4) is 0 Å². The SMILES string of the molecule is O=C(c1nnc(-c2cccc(Br)c2)o1)C1CC1. The van der Waals surface area contributed by atoms with Gasteiger partial charge in [-0.25, -0.2) is 0 Å². The first-order chi connectivity index (χ1) is 8.24. The summed E-state index contributed by atoms with van der Waals surface area (Å²) in [5.41, 5.74) is 0.807. The first-order valence-corrected chi connectivity index (χ1v) is 6.17. The number of aromatic nitrogens is 2. The second-order valence-corrected chi connectivity index (χ2v) is 4.98. The van der Waals surface area contributed by atoms with Crippen molar-refractivity contribution in [3.05, 3.63) is 34.6 Å². The van der Waals surface area contributed by atoms with E-state index in [9.17, 15) is 4.79 Å². The molecule has 1 aromatic carbocycles. The van der Waals surface area contributed by atoms with Gasteiger partial charge in [0.2, 0.25) is 11.7 Å². The third kappa shape index (κ3) is 2.15. The molecular weight excluding hydrogens is 284 g/mol. The van der Waals surface area contributed by atoms with E-state index in [1.807, 2.05) is 24.3 Å². The molecule has 0 radical (unpaired) electrons. The predicted molar refractivity (Wildman–Crippen MR) is 64.5 cm³/mol. The largest absolute Gasteiger partial charge is 0.414 e. The van der Waals surface area contributed by atoms with Gasteiger partial charge in [-0.15, -0.1) is 10.2 Å². The molecule has 4 nitrogen and oxygen atoms in total.